The second-order valence-electron chi connectivity index (χ2n) is 5.53. The van der Waals surface area contributed by atoms with E-state index in [1.807, 2.05) is 0 Å². The second kappa shape index (κ2) is 5.23. The van der Waals surface area contributed by atoms with Crippen molar-refractivity contribution in [3.8, 4) is 0 Å². The third-order valence-corrected chi connectivity index (χ3v) is 5.13. The number of aromatic nitrogens is 2. The maximum Gasteiger partial charge on any atom is 0.236 e. The van der Waals surface area contributed by atoms with Crippen molar-refractivity contribution in [2.75, 3.05) is 0 Å². The van der Waals surface area contributed by atoms with Gasteiger partial charge in [0.25, 0.3) is 0 Å². The maximum atomic E-state index is 12.2. The molecule has 0 aliphatic carbocycles. The molecule has 0 bridgehead atoms. The Bertz CT molecular complexity index is 527. The highest BCUT2D eigenvalue weighted by Gasteiger charge is 2.42. The van der Waals surface area contributed by atoms with Crippen LogP contribution in [0.25, 0.3) is 4.91 Å². The number of nitrogens with two attached hydrogens (primary N) is 1. The summed E-state index contributed by atoms with van der Waals surface area (Å²) in [6.45, 7) is 4.11. The van der Waals surface area contributed by atoms with Crippen LogP contribution in [0.15, 0.2) is 18.6 Å². The van der Waals surface area contributed by atoms with E-state index in [4.69, 9.17) is 5.73 Å². The van der Waals surface area contributed by atoms with E-state index < -0.39 is 0 Å². The quantitative estimate of drug-likeness (QED) is 0.641. The fourth-order valence-electron chi connectivity index (χ4n) is 2.47. The van der Waals surface area contributed by atoms with Crippen LogP contribution >= 0.6 is 11.8 Å². The monoisotopic (exact) mass is 293 g/mol. The molecule has 1 aromatic rings. The summed E-state index contributed by atoms with van der Waals surface area (Å²) in [6, 6.07) is -0.0867. The van der Waals surface area contributed by atoms with Crippen LogP contribution in [0.4, 0.5) is 0 Å². The Morgan fingerprint density at radius 3 is 2.90 bits per heavy atom. The lowest BCUT2D eigenvalue weighted by molar-refractivity contribution is -0.123. The molecule has 5 N–H and O–H groups in total. The molecule has 0 saturated carbocycles. The van der Waals surface area contributed by atoms with E-state index in [1.54, 1.807) is 24.3 Å². The summed E-state index contributed by atoms with van der Waals surface area (Å²) in [7, 11) is 0. The smallest absolute Gasteiger partial charge is 0.236 e. The molecular weight excluding hydrogens is 274 g/mol. The van der Waals surface area contributed by atoms with E-state index in [9.17, 15) is 4.79 Å². The largest absolute Gasteiger partial charge is 0.344 e. The van der Waals surface area contributed by atoms with E-state index >= 15 is 0 Å². The Labute approximate surface area is 122 Å². The average Bonchev–Trinajstić information content (AvgIpc) is 3.05. The van der Waals surface area contributed by atoms with Gasteiger partial charge in [-0.05, 0) is 5.92 Å². The van der Waals surface area contributed by atoms with E-state index in [1.165, 1.54) is 0 Å². The van der Waals surface area contributed by atoms with Gasteiger partial charge >= 0.3 is 0 Å². The normalized spacial score (nSPS) is 30.9. The SMILES string of the molecule is CC(C)[C@H](N)C1NC(=O)C2SC(c3cnc[nH]3)=CC2N1. The Kier molecular flexibility index (Phi) is 3.57. The number of carbonyl (C=O) groups is 1. The fraction of sp³-hybridized carbons (Fsp3) is 0.538. The van der Waals surface area contributed by atoms with Gasteiger partial charge in [-0.15, -0.1) is 11.8 Å². The van der Waals surface area contributed by atoms with Gasteiger partial charge in [0.1, 0.15) is 5.25 Å². The van der Waals surface area contributed by atoms with E-state index in [0.717, 1.165) is 10.6 Å². The molecule has 3 heterocycles. The van der Waals surface area contributed by atoms with Crippen molar-refractivity contribution >= 4 is 22.6 Å². The molecule has 0 radical (unpaired) electrons. The molecule has 6 nitrogen and oxygen atoms in total. The summed E-state index contributed by atoms with van der Waals surface area (Å²) in [4.78, 5) is 20.4. The van der Waals surface area contributed by atoms with Gasteiger partial charge in [-0.1, -0.05) is 19.9 Å². The summed E-state index contributed by atoms with van der Waals surface area (Å²) in [5.74, 6) is 0.347. The van der Waals surface area contributed by atoms with Crippen molar-refractivity contribution in [2.24, 2.45) is 11.7 Å². The van der Waals surface area contributed by atoms with Gasteiger partial charge in [0.05, 0.1) is 24.4 Å². The number of nitrogens with one attached hydrogen (secondary N) is 3. The Morgan fingerprint density at radius 2 is 2.25 bits per heavy atom. The fourth-order valence-corrected chi connectivity index (χ4v) is 3.69. The Hall–Kier alpha value is -1.31. The van der Waals surface area contributed by atoms with Gasteiger partial charge in [0.15, 0.2) is 0 Å². The molecule has 4 atom stereocenters. The molecule has 0 aromatic carbocycles. The maximum absolute atomic E-state index is 12.2. The lowest BCUT2D eigenvalue weighted by Gasteiger charge is -2.37. The lowest BCUT2D eigenvalue weighted by atomic mass is 9.98. The van der Waals surface area contributed by atoms with Crippen LogP contribution in [0.1, 0.15) is 19.5 Å². The zero-order chi connectivity index (χ0) is 14.3. The number of H-pyrrole nitrogens is 1. The minimum Gasteiger partial charge on any atom is -0.344 e. The molecule has 1 amide bonds. The highest BCUT2D eigenvalue weighted by molar-refractivity contribution is 8.09. The predicted molar refractivity (Wildman–Crippen MR) is 79.6 cm³/mol. The first-order valence-corrected chi connectivity index (χ1v) is 7.63. The standard InChI is InChI=1S/C13H19N5OS/c1-6(2)10(14)12-17-7-3-9(8-4-15-5-16-8)20-11(7)13(19)18-12/h3-7,10-12,17H,14H2,1-2H3,(H,15,16)(H,18,19)/t7?,10-,11?,12?/m0/s1. The van der Waals surface area contributed by atoms with Gasteiger partial charge in [-0.2, -0.15) is 0 Å². The number of rotatable bonds is 3. The van der Waals surface area contributed by atoms with Crippen LogP contribution in [-0.4, -0.2) is 39.4 Å². The minimum atomic E-state index is -0.179. The molecule has 108 valence electrons. The summed E-state index contributed by atoms with van der Waals surface area (Å²) in [5, 5.41) is 6.27. The van der Waals surface area contributed by atoms with Gasteiger partial charge in [0.2, 0.25) is 5.91 Å². The predicted octanol–water partition coefficient (Wildman–Crippen LogP) is 0.263. The Balaban J connectivity index is 1.78. The van der Waals surface area contributed by atoms with Crippen molar-refractivity contribution in [1.82, 2.24) is 20.6 Å². The topological polar surface area (TPSA) is 95.8 Å². The van der Waals surface area contributed by atoms with Crippen LogP contribution in [-0.2, 0) is 4.79 Å². The molecule has 20 heavy (non-hydrogen) atoms. The van der Waals surface area contributed by atoms with Crippen molar-refractivity contribution in [1.29, 1.82) is 0 Å². The third-order valence-electron chi connectivity index (χ3n) is 3.76. The molecule has 1 aromatic heterocycles. The van der Waals surface area contributed by atoms with Gasteiger partial charge < -0.3 is 16.0 Å². The number of nitrogens with zero attached hydrogens (tertiary/aromatic N) is 1. The number of carbonyl (C=O) groups excluding carboxylic acids is 1. The lowest BCUT2D eigenvalue weighted by Crippen LogP contribution is -2.67. The molecule has 2 aliphatic heterocycles. The number of hydrogen-bond acceptors (Lipinski definition) is 5. The molecule has 7 heteroatoms. The van der Waals surface area contributed by atoms with Crippen LogP contribution in [0.2, 0.25) is 0 Å². The minimum absolute atomic E-state index is 0.0156. The molecule has 1 fully saturated rings. The summed E-state index contributed by atoms with van der Waals surface area (Å²) >= 11 is 1.56. The Morgan fingerprint density at radius 1 is 1.45 bits per heavy atom. The molecule has 3 unspecified atom stereocenters. The highest BCUT2D eigenvalue weighted by atomic mass is 32.2. The first-order valence-electron chi connectivity index (χ1n) is 6.75. The number of imidazole rings is 1. The summed E-state index contributed by atoms with van der Waals surface area (Å²) in [5.41, 5.74) is 7.09. The van der Waals surface area contributed by atoms with Gasteiger partial charge in [-0.25, -0.2) is 4.98 Å². The summed E-state index contributed by atoms with van der Waals surface area (Å²) in [6.07, 6.45) is 5.32. The van der Waals surface area contributed by atoms with Crippen molar-refractivity contribution in [3.63, 3.8) is 0 Å². The number of amides is 1. The molecule has 0 spiro atoms. The average molecular weight is 293 g/mol. The number of thioether (sulfide) groups is 1. The zero-order valence-electron chi connectivity index (χ0n) is 11.5. The van der Waals surface area contributed by atoms with Crippen LogP contribution in [0.5, 0.6) is 0 Å². The zero-order valence-corrected chi connectivity index (χ0v) is 12.3. The van der Waals surface area contributed by atoms with Gasteiger partial charge in [-0.3, -0.25) is 10.1 Å². The molecular formula is C13H19N5OS. The number of fused-ring (bicyclic) bond motifs is 1. The highest BCUT2D eigenvalue weighted by Crippen LogP contribution is 2.39. The molecule has 1 saturated heterocycles. The van der Waals surface area contributed by atoms with Crippen LogP contribution in [0, 0.1) is 5.92 Å². The first kappa shape index (κ1) is 13.7. The van der Waals surface area contributed by atoms with Gasteiger partial charge in [0, 0.05) is 17.0 Å². The van der Waals surface area contributed by atoms with Crippen molar-refractivity contribution < 1.29 is 4.79 Å². The number of hydrogen-bond donors (Lipinski definition) is 4. The summed E-state index contributed by atoms with van der Waals surface area (Å²) < 4.78 is 0. The van der Waals surface area contributed by atoms with E-state index in [2.05, 4.69) is 40.5 Å². The third kappa shape index (κ3) is 2.36. The first-order chi connectivity index (χ1) is 9.56. The van der Waals surface area contributed by atoms with Crippen molar-refractivity contribution in [3.05, 3.63) is 24.3 Å². The molecule has 3 rings (SSSR count). The second-order valence-corrected chi connectivity index (χ2v) is 6.72. The number of aromatic amines is 1. The van der Waals surface area contributed by atoms with E-state index in [0.29, 0.717) is 5.92 Å². The molecule has 2 aliphatic rings. The van der Waals surface area contributed by atoms with Crippen LogP contribution < -0.4 is 16.4 Å². The van der Waals surface area contributed by atoms with Crippen molar-refractivity contribution in [2.45, 2.75) is 37.3 Å². The van der Waals surface area contributed by atoms with E-state index in [-0.39, 0.29) is 29.4 Å². The van der Waals surface area contributed by atoms with Crippen LogP contribution in [0.3, 0.4) is 0 Å².